The number of nitrogens with one attached hydrogen (secondary N) is 1. The predicted octanol–water partition coefficient (Wildman–Crippen LogP) is 3.54. The number of benzene rings is 1. The van der Waals surface area contributed by atoms with Gasteiger partial charge in [0.2, 0.25) is 0 Å². The molecule has 0 saturated carbocycles. The summed E-state index contributed by atoms with van der Waals surface area (Å²) in [5.41, 5.74) is 1.16. The molecule has 0 spiro atoms. The monoisotopic (exact) mass is 207 g/mol. The summed E-state index contributed by atoms with van der Waals surface area (Å²) < 4.78 is 5.11. The van der Waals surface area contributed by atoms with Crippen LogP contribution in [0.4, 0.5) is 5.69 Å². The summed E-state index contributed by atoms with van der Waals surface area (Å²) in [4.78, 5) is 0. The van der Waals surface area contributed by atoms with Gasteiger partial charge in [0.15, 0.2) is 0 Å². The number of ether oxygens (including phenoxy) is 1. The van der Waals surface area contributed by atoms with Gasteiger partial charge in [0.25, 0.3) is 0 Å². The Morgan fingerprint density at radius 2 is 1.80 bits per heavy atom. The zero-order valence-corrected chi connectivity index (χ0v) is 10.1. The van der Waals surface area contributed by atoms with Crippen molar-refractivity contribution < 1.29 is 4.74 Å². The van der Waals surface area contributed by atoms with Crippen LogP contribution in [-0.4, -0.2) is 13.2 Å². The molecule has 0 heterocycles. The average Bonchev–Trinajstić information content (AvgIpc) is 2.29. The zero-order chi connectivity index (χ0) is 11.3. The van der Waals surface area contributed by atoms with E-state index >= 15 is 0 Å². The molecule has 0 aliphatic rings. The topological polar surface area (TPSA) is 21.3 Å². The van der Waals surface area contributed by atoms with Crippen molar-refractivity contribution in [2.24, 2.45) is 5.92 Å². The second-order valence-corrected chi connectivity index (χ2v) is 4.05. The molecule has 15 heavy (non-hydrogen) atoms. The lowest BCUT2D eigenvalue weighted by molar-refractivity contribution is 0.415. The van der Waals surface area contributed by atoms with Gasteiger partial charge in [-0.3, -0.25) is 0 Å². The van der Waals surface area contributed by atoms with Gasteiger partial charge >= 0.3 is 0 Å². The van der Waals surface area contributed by atoms with Crippen LogP contribution in [0.1, 0.15) is 27.2 Å². The van der Waals surface area contributed by atoms with Crippen LogP contribution in [0.25, 0.3) is 0 Å². The molecular formula is C13H21NO. The van der Waals surface area contributed by atoms with Crippen molar-refractivity contribution in [3.8, 4) is 5.75 Å². The summed E-state index contributed by atoms with van der Waals surface area (Å²) in [6.45, 7) is 6.70. The molecule has 84 valence electrons. The molecule has 0 aliphatic heterocycles. The maximum absolute atomic E-state index is 5.11. The molecule has 0 bridgehead atoms. The average molecular weight is 207 g/mol. The van der Waals surface area contributed by atoms with Crippen LogP contribution in [0, 0.1) is 5.92 Å². The highest BCUT2D eigenvalue weighted by Crippen LogP contribution is 2.18. The van der Waals surface area contributed by atoms with Crippen LogP contribution in [0.5, 0.6) is 5.75 Å². The first kappa shape index (κ1) is 11.9. The molecule has 1 rings (SSSR count). The van der Waals surface area contributed by atoms with E-state index in [0.29, 0.717) is 12.0 Å². The Bertz CT molecular complexity index is 281. The molecule has 1 N–H and O–H groups in total. The summed E-state index contributed by atoms with van der Waals surface area (Å²) in [5.74, 6) is 1.59. The van der Waals surface area contributed by atoms with Crippen molar-refractivity contribution in [1.29, 1.82) is 0 Å². The molecule has 2 atom stereocenters. The largest absolute Gasteiger partial charge is 0.497 e. The highest BCUT2D eigenvalue weighted by atomic mass is 16.5. The normalized spacial score (nSPS) is 14.4. The first-order valence-electron chi connectivity index (χ1n) is 5.58. The minimum absolute atomic E-state index is 0.503. The quantitative estimate of drug-likeness (QED) is 0.797. The third-order valence-corrected chi connectivity index (χ3v) is 2.98. The maximum Gasteiger partial charge on any atom is 0.119 e. The second-order valence-electron chi connectivity index (χ2n) is 4.05. The molecule has 0 amide bonds. The van der Waals surface area contributed by atoms with E-state index in [-0.39, 0.29) is 0 Å². The fourth-order valence-electron chi connectivity index (χ4n) is 1.45. The maximum atomic E-state index is 5.11. The number of hydrogen-bond acceptors (Lipinski definition) is 2. The van der Waals surface area contributed by atoms with Crippen molar-refractivity contribution in [1.82, 2.24) is 0 Å². The third-order valence-electron chi connectivity index (χ3n) is 2.98. The van der Waals surface area contributed by atoms with Crippen LogP contribution in [-0.2, 0) is 0 Å². The molecule has 1 aromatic carbocycles. The fourth-order valence-corrected chi connectivity index (χ4v) is 1.45. The molecule has 0 fully saturated rings. The van der Waals surface area contributed by atoms with Crippen LogP contribution in [0.2, 0.25) is 0 Å². The Morgan fingerprint density at radius 3 is 2.27 bits per heavy atom. The number of anilines is 1. The smallest absolute Gasteiger partial charge is 0.119 e. The van der Waals surface area contributed by atoms with Gasteiger partial charge in [0, 0.05) is 11.7 Å². The van der Waals surface area contributed by atoms with Gasteiger partial charge < -0.3 is 10.1 Å². The summed E-state index contributed by atoms with van der Waals surface area (Å²) >= 11 is 0. The van der Waals surface area contributed by atoms with Gasteiger partial charge in [0.1, 0.15) is 5.75 Å². The molecular weight excluding hydrogens is 186 g/mol. The van der Waals surface area contributed by atoms with Gasteiger partial charge in [-0.2, -0.15) is 0 Å². The van der Waals surface area contributed by atoms with Crippen molar-refractivity contribution in [3.63, 3.8) is 0 Å². The first-order valence-corrected chi connectivity index (χ1v) is 5.58. The van der Waals surface area contributed by atoms with E-state index in [1.165, 1.54) is 6.42 Å². The lowest BCUT2D eigenvalue weighted by atomic mass is 10.0. The van der Waals surface area contributed by atoms with E-state index in [4.69, 9.17) is 4.74 Å². The Balaban J connectivity index is 2.57. The molecule has 0 radical (unpaired) electrons. The molecule has 2 heteroatoms. The van der Waals surface area contributed by atoms with Gasteiger partial charge in [-0.15, -0.1) is 0 Å². The van der Waals surface area contributed by atoms with Crippen molar-refractivity contribution in [2.75, 3.05) is 12.4 Å². The van der Waals surface area contributed by atoms with E-state index in [0.717, 1.165) is 11.4 Å². The zero-order valence-electron chi connectivity index (χ0n) is 10.1. The van der Waals surface area contributed by atoms with Crippen molar-refractivity contribution in [2.45, 2.75) is 33.2 Å². The molecule has 2 nitrogen and oxygen atoms in total. The molecule has 1 aromatic rings. The van der Waals surface area contributed by atoms with E-state index in [9.17, 15) is 0 Å². The van der Waals surface area contributed by atoms with Gasteiger partial charge in [0.05, 0.1) is 7.11 Å². The minimum Gasteiger partial charge on any atom is -0.497 e. The van der Waals surface area contributed by atoms with E-state index in [1.807, 2.05) is 12.1 Å². The van der Waals surface area contributed by atoms with Gasteiger partial charge in [-0.1, -0.05) is 20.3 Å². The number of hydrogen-bond donors (Lipinski definition) is 1. The Kier molecular flexibility index (Phi) is 4.47. The van der Waals surface area contributed by atoms with Crippen LogP contribution in [0.15, 0.2) is 24.3 Å². The van der Waals surface area contributed by atoms with Crippen molar-refractivity contribution in [3.05, 3.63) is 24.3 Å². The highest BCUT2D eigenvalue weighted by Gasteiger charge is 2.09. The van der Waals surface area contributed by atoms with Crippen LogP contribution >= 0.6 is 0 Å². The Labute approximate surface area is 92.6 Å². The number of rotatable bonds is 5. The summed E-state index contributed by atoms with van der Waals surface area (Å²) in [7, 11) is 1.68. The Hall–Kier alpha value is -1.18. The molecule has 0 saturated heterocycles. The van der Waals surface area contributed by atoms with Crippen LogP contribution in [0.3, 0.4) is 0 Å². The van der Waals surface area contributed by atoms with Crippen LogP contribution < -0.4 is 10.1 Å². The van der Waals surface area contributed by atoms with E-state index in [1.54, 1.807) is 7.11 Å². The van der Waals surface area contributed by atoms with E-state index < -0.39 is 0 Å². The summed E-state index contributed by atoms with van der Waals surface area (Å²) in [6, 6.07) is 8.57. The summed E-state index contributed by atoms with van der Waals surface area (Å²) in [5, 5.41) is 3.49. The van der Waals surface area contributed by atoms with Crippen molar-refractivity contribution >= 4 is 5.69 Å². The number of methoxy groups -OCH3 is 1. The Morgan fingerprint density at radius 1 is 1.20 bits per heavy atom. The lowest BCUT2D eigenvalue weighted by Gasteiger charge is -2.21. The fraction of sp³-hybridized carbons (Fsp3) is 0.538. The molecule has 0 unspecified atom stereocenters. The third kappa shape index (κ3) is 3.46. The molecule has 0 aliphatic carbocycles. The molecule has 0 aromatic heterocycles. The lowest BCUT2D eigenvalue weighted by Crippen LogP contribution is -2.23. The standard InChI is InChI=1S/C13H21NO/c1-5-10(2)11(3)14-12-6-8-13(15-4)9-7-12/h6-11,14H,5H2,1-4H3/t10-,11+/m1/s1. The van der Waals surface area contributed by atoms with E-state index in [2.05, 4.69) is 38.2 Å². The van der Waals surface area contributed by atoms with Gasteiger partial charge in [-0.25, -0.2) is 0 Å². The first-order chi connectivity index (χ1) is 7.17. The summed E-state index contributed by atoms with van der Waals surface area (Å²) in [6.07, 6.45) is 1.20. The second kappa shape index (κ2) is 5.64. The highest BCUT2D eigenvalue weighted by molar-refractivity contribution is 5.47. The predicted molar refractivity (Wildman–Crippen MR) is 65.5 cm³/mol. The van der Waals surface area contributed by atoms with Gasteiger partial charge in [-0.05, 0) is 37.1 Å². The SMILES string of the molecule is CC[C@@H](C)[C@H](C)Nc1ccc(OC)cc1. The minimum atomic E-state index is 0.503.